The van der Waals surface area contributed by atoms with Crippen molar-refractivity contribution in [1.82, 2.24) is 24.3 Å². The zero-order valence-corrected chi connectivity index (χ0v) is 21.9. The van der Waals surface area contributed by atoms with Crippen LogP contribution in [0.5, 0.6) is 0 Å². The van der Waals surface area contributed by atoms with Crippen molar-refractivity contribution >= 4 is 63.7 Å². The number of anilines is 2. The lowest BCUT2D eigenvalue weighted by molar-refractivity contribution is -0.765. The highest BCUT2D eigenvalue weighted by molar-refractivity contribution is 8.00. The number of nitrogen functional groups attached to an aromatic ring is 2. The number of carbonyl (C=O) groups excluding carboxylic acids is 3. The molecule has 0 aliphatic carbocycles. The maximum absolute atomic E-state index is 13.1. The van der Waals surface area contributed by atoms with Crippen LogP contribution in [0, 0.1) is 0 Å². The molecule has 0 radical (unpaired) electrons. The van der Waals surface area contributed by atoms with Gasteiger partial charge in [0, 0.05) is 22.9 Å². The molecule has 0 unspecified atom stereocenters. The van der Waals surface area contributed by atoms with Crippen LogP contribution in [0.25, 0.3) is 0 Å². The van der Waals surface area contributed by atoms with Crippen molar-refractivity contribution in [3.05, 3.63) is 29.4 Å². The van der Waals surface area contributed by atoms with Crippen LogP contribution in [0.15, 0.2) is 28.7 Å². The van der Waals surface area contributed by atoms with E-state index in [-0.39, 0.29) is 29.0 Å². The first kappa shape index (κ1) is 26.9. The van der Waals surface area contributed by atoms with Gasteiger partial charge >= 0.3 is 5.97 Å². The van der Waals surface area contributed by atoms with Gasteiger partial charge in [-0.05, 0) is 13.8 Å². The van der Waals surface area contributed by atoms with E-state index in [0.717, 1.165) is 16.4 Å². The summed E-state index contributed by atoms with van der Waals surface area (Å²) in [5.41, 5.74) is 9.30. The van der Waals surface area contributed by atoms with Crippen LogP contribution in [0.4, 0.5) is 10.9 Å². The van der Waals surface area contributed by atoms with E-state index in [1.807, 2.05) is 0 Å². The summed E-state index contributed by atoms with van der Waals surface area (Å²) in [7, 11) is 1.71. The second-order valence-corrected chi connectivity index (χ2v) is 10.7. The standard InChI is InChI=1S/C20H23N9O7S2/c1-20(2,18(34)35)36-25-10(13-24-19(22)38-26-13)14(30)23-11-15(31)29-12(17(32)33)8(7-37-16(11)29)6-28-5-4-9(21)27(28)3/h4-5,11,16,21H,6-7H2,1-3H3,(H5,22,23,24,26,30,32,33,34,35)/b25-10-/t11-,16-/m1/s1. The molecule has 2 aromatic rings. The molecule has 202 valence electrons. The van der Waals surface area contributed by atoms with Crippen molar-refractivity contribution in [3.63, 3.8) is 0 Å². The molecule has 1 saturated heterocycles. The van der Waals surface area contributed by atoms with E-state index in [2.05, 4.69) is 19.8 Å². The first-order valence-electron chi connectivity index (χ1n) is 10.9. The van der Waals surface area contributed by atoms with E-state index in [4.69, 9.17) is 16.3 Å². The second-order valence-electron chi connectivity index (χ2n) is 8.77. The van der Waals surface area contributed by atoms with Gasteiger partial charge in [-0.3, -0.25) is 14.5 Å². The number of nitrogens with zero attached hydrogens (tertiary/aromatic N) is 6. The highest BCUT2D eigenvalue weighted by Gasteiger charge is 2.53. The van der Waals surface area contributed by atoms with Gasteiger partial charge in [0.25, 0.3) is 11.8 Å². The highest BCUT2D eigenvalue weighted by atomic mass is 32.2. The Bertz CT molecular complexity index is 1400. The quantitative estimate of drug-likeness (QED) is 0.103. The maximum Gasteiger partial charge on any atom is 0.350 e. The number of carbonyl (C=O) groups is 4. The van der Waals surface area contributed by atoms with Gasteiger partial charge in [0.15, 0.2) is 23.7 Å². The molecule has 2 aromatic heterocycles. The normalized spacial score (nSPS) is 19.6. The van der Waals surface area contributed by atoms with Crippen LogP contribution in [-0.4, -0.2) is 76.3 Å². The lowest BCUT2D eigenvalue weighted by atomic mass is 10.0. The number of hydrogen-bond donors (Lipinski definition) is 4. The molecule has 18 heteroatoms. The van der Waals surface area contributed by atoms with Gasteiger partial charge in [-0.15, -0.1) is 21.1 Å². The number of fused-ring (bicyclic) bond motifs is 1. The van der Waals surface area contributed by atoms with Crippen molar-refractivity contribution in [2.75, 3.05) is 17.2 Å². The SMILES string of the molecule is Cn1c(N)cc[n+]1CC1=C(C(=O)[O-])N2C(=O)[C@@H](NC(=O)/C(=N\OC(C)(C)C(=O)O)c3nsc(N)n3)[C@H]2SC1. The monoisotopic (exact) mass is 565 g/mol. The largest absolute Gasteiger partial charge is 0.543 e. The number of aliphatic carboxylic acids is 2. The predicted molar refractivity (Wildman–Crippen MR) is 131 cm³/mol. The van der Waals surface area contributed by atoms with Crippen molar-refractivity contribution in [1.29, 1.82) is 0 Å². The first-order chi connectivity index (χ1) is 17.8. The van der Waals surface area contributed by atoms with Crippen LogP contribution in [0.3, 0.4) is 0 Å². The van der Waals surface area contributed by atoms with Crippen LogP contribution in [0.1, 0.15) is 19.7 Å². The van der Waals surface area contributed by atoms with Crippen molar-refractivity contribution in [2.45, 2.75) is 37.4 Å². The van der Waals surface area contributed by atoms with Crippen LogP contribution < -0.4 is 26.6 Å². The molecule has 4 heterocycles. The minimum absolute atomic E-state index is 0.0147. The van der Waals surface area contributed by atoms with Crippen molar-refractivity contribution < 1.29 is 38.9 Å². The van der Waals surface area contributed by atoms with Gasteiger partial charge in [-0.1, -0.05) is 5.16 Å². The van der Waals surface area contributed by atoms with Gasteiger partial charge < -0.3 is 36.6 Å². The number of nitrogens with two attached hydrogens (primary N) is 2. The lowest BCUT2D eigenvalue weighted by Gasteiger charge is -2.50. The number of carboxylic acids is 2. The third-order valence-electron chi connectivity index (χ3n) is 5.81. The number of carboxylic acid groups (broad SMARTS) is 2. The Kier molecular flexibility index (Phi) is 7.02. The van der Waals surface area contributed by atoms with E-state index in [1.165, 1.54) is 25.6 Å². The minimum Gasteiger partial charge on any atom is -0.543 e. The molecular weight excluding hydrogens is 542 g/mol. The van der Waals surface area contributed by atoms with Crippen molar-refractivity contribution in [2.24, 2.45) is 12.2 Å². The van der Waals surface area contributed by atoms with Crippen LogP contribution >= 0.6 is 23.3 Å². The Hall–Kier alpha value is -4.19. The zero-order chi connectivity index (χ0) is 27.9. The molecular formula is C20H23N9O7S2. The number of hydrogen-bond acceptors (Lipinski definition) is 13. The summed E-state index contributed by atoms with van der Waals surface area (Å²) in [6.45, 7) is 2.59. The third kappa shape index (κ3) is 4.86. The van der Waals surface area contributed by atoms with Crippen LogP contribution in [-0.2, 0) is 37.6 Å². The molecule has 6 N–H and O–H groups in total. The van der Waals surface area contributed by atoms with Gasteiger partial charge in [-0.25, -0.2) is 4.79 Å². The fraction of sp³-hybridized carbons (Fsp3) is 0.400. The summed E-state index contributed by atoms with van der Waals surface area (Å²) in [5, 5.41) is 26.7. The van der Waals surface area contributed by atoms with Gasteiger partial charge in [0.05, 0.1) is 24.8 Å². The smallest absolute Gasteiger partial charge is 0.350 e. The van der Waals surface area contributed by atoms with E-state index in [9.17, 15) is 29.4 Å². The summed E-state index contributed by atoms with van der Waals surface area (Å²) in [4.78, 5) is 59.5. The number of nitrogens with one attached hydrogen (secondary N) is 1. The topological polar surface area (TPSA) is 235 Å². The number of β-lactam (4-membered cyclic amide) rings is 1. The van der Waals surface area contributed by atoms with Gasteiger partial charge in [-0.2, -0.15) is 9.36 Å². The molecule has 0 saturated carbocycles. The zero-order valence-electron chi connectivity index (χ0n) is 20.3. The van der Waals surface area contributed by atoms with Crippen LogP contribution in [0.2, 0.25) is 0 Å². The Morgan fingerprint density at radius 1 is 1.39 bits per heavy atom. The Balaban J connectivity index is 1.56. The Labute approximate surface area is 223 Å². The van der Waals surface area contributed by atoms with E-state index in [0.29, 0.717) is 11.4 Å². The molecule has 0 spiro atoms. The van der Waals surface area contributed by atoms with Gasteiger partial charge in [0.1, 0.15) is 11.4 Å². The molecule has 2 aliphatic rings. The summed E-state index contributed by atoms with van der Waals surface area (Å²) >= 11 is 2.02. The molecule has 0 aromatic carbocycles. The molecule has 16 nitrogen and oxygen atoms in total. The predicted octanol–water partition coefficient (Wildman–Crippen LogP) is -2.98. The highest BCUT2D eigenvalue weighted by Crippen LogP contribution is 2.40. The number of aromatic nitrogens is 4. The molecule has 4 rings (SSSR count). The molecule has 2 atom stereocenters. The summed E-state index contributed by atoms with van der Waals surface area (Å²) in [6.07, 6.45) is 1.68. The summed E-state index contributed by atoms with van der Waals surface area (Å²) in [6, 6.07) is 0.541. The van der Waals surface area contributed by atoms with E-state index in [1.54, 1.807) is 28.7 Å². The van der Waals surface area contributed by atoms with E-state index >= 15 is 0 Å². The average molecular weight is 566 g/mol. The average Bonchev–Trinajstić information content (AvgIpc) is 3.42. The maximum atomic E-state index is 13.1. The number of oxime groups is 1. The first-order valence-corrected chi connectivity index (χ1v) is 12.7. The fourth-order valence-electron chi connectivity index (χ4n) is 3.59. The Morgan fingerprint density at radius 2 is 2.11 bits per heavy atom. The third-order valence-corrected chi connectivity index (χ3v) is 7.69. The van der Waals surface area contributed by atoms with Crippen molar-refractivity contribution in [3.8, 4) is 0 Å². The minimum atomic E-state index is -1.79. The summed E-state index contributed by atoms with van der Waals surface area (Å²) < 4.78 is 7.22. The molecule has 1 fully saturated rings. The fourth-order valence-corrected chi connectivity index (χ4v) is 5.36. The summed E-state index contributed by atoms with van der Waals surface area (Å²) in [5.74, 6) is -4.02. The number of amides is 2. The molecule has 2 amide bonds. The second kappa shape index (κ2) is 9.93. The van der Waals surface area contributed by atoms with E-state index < -0.39 is 46.5 Å². The molecule has 2 aliphatic heterocycles. The molecule has 38 heavy (non-hydrogen) atoms. The number of rotatable bonds is 9. The molecule has 0 bridgehead atoms. The Morgan fingerprint density at radius 3 is 2.66 bits per heavy atom. The lowest BCUT2D eigenvalue weighted by Crippen LogP contribution is -2.71. The van der Waals surface area contributed by atoms with Gasteiger partial charge in [0.2, 0.25) is 17.1 Å². The number of thioether (sulfide) groups is 1.